The second-order valence-electron chi connectivity index (χ2n) is 8.03. The van der Waals surface area contributed by atoms with Gasteiger partial charge in [0.1, 0.15) is 11.5 Å². The number of anilines is 1. The van der Waals surface area contributed by atoms with Gasteiger partial charge in [0.15, 0.2) is 0 Å². The van der Waals surface area contributed by atoms with Crippen LogP contribution in [0.1, 0.15) is 21.7 Å². The second kappa shape index (κ2) is 11.3. The fraction of sp³-hybridized carbons (Fsp3) is 0.231. The third-order valence-electron chi connectivity index (χ3n) is 5.63. The summed E-state index contributed by atoms with van der Waals surface area (Å²) in [5.74, 6) is 0.606. The maximum atomic E-state index is 12.6. The SMILES string of the molecule is O=C1Nc2ccc(Cl)cc2C1=Cc1ccc(-c2cccc(C(=O)NCCN(CCO)CCO)c2)o1. The third kappa shape index (κ3) is 5.98. The van der Waals surface area contributed by atoms with Crippen LogP contribution >= 0.6 is 11.6 Å². The van der Waals surface area contributed by atoms with Crippen LogP contribution < -0.4 is 10.6 Å². The average Bonchev–Trinajstić information content (AvgIpc) is 3.44. The molecule has 1 aliphatic heterocycles. The van der Waals surface area contributed by atoms with Crippen molar-refractivity contribution in [3.8, 4) is 11.3 Å². The van der Waals surface area contributed by atoms with Gasteiger partial charge in [0.05, 0.1) is 18.8 Å². The molecule has 0 spiro atoms. The van der Waals surface area contributed by atoms with E-state index in [1.54, 1.807) is 54.6 Å². The molecule has 2 aromatic carbocycles. The highest BCUT2D eigenvalue weighted by atomic mass is 35.5. The molecule has 0 radical (unpaired) electrons. The van der Waals surface area contributed by atoms with Crippen LogP contribution in [0, 0.1) is 0 Å². The van der Waals surface area contributed by atoms with Crippen LogP contribution in [0.5, 0.6) is 0 Å². The summed E-state index contributed by atoms with van der Waals surface area (Å²) in [6.07, 6.45) is 1.67. The zero-order valence-electron chi connectivity index (χ0n) is 19.0. The number of hydrogen-bond acceptors (Lipinski definition) is 6. The molecule has 4 rings (SSSR count). The van der Waals surface area contributed by atoms with Crippen LogP contribution in [0.25, 0.3) is 23.0 Å². The molecule has 2 heterocycles. The van der Waals surface area contributed by atoms with Crippen molar-refractivity contribution in [1.82, 2.24) is 10.2 Å². The van der Waals surface area contributed by atoms with E-state index in [0.717, 1.165) is 11.1 Å². The van der Waals surface area contributed by atoms with Crippen molar-refractivity contribution in [3.63, 3.8) is 0 Å². The highest BCUT2D eigenvalue weighted by Crippen LogP contribution is 2.35. The largest absolute Gasteiger partial charge is 0.457 e. The van der Waals surface area contributed by atoms with Gasteiger partial charge >= 0.3 is 0 Å². The first-order chi connectivity index (χ1) is 17.0. The minimum atomic E-state index is -0.232. The number of fused-ring (bicyclic) bond motifs is 1. The lowest BCUT2D eigenvalue weighted by molar-refractivity contribution is -0.110. The van der Waals surface area contributed by atoms with Gasteiger partial charge in [-0.2, -0.15) is 0 Å². The first-order valence-electron chi connectivity index (χ1n) is 11.2. The van der Waals surface area contributed by atoms with Gasteiger partial charge in [-0.3, -0.25) is 14.5 Å². The molecule has 0 bridgehead atoms. The third-order valence-corrected chi connectivity index (χ3v) is 5.87. The molecule has 0 atom stereocenters. The first kappa shape index (κ1) is 24.7. The molecule has 9 heteroatoms. The minimum absolute atomic E-state index is 0.0112. The van der Waals surface area contributed by atoms with Crippen molar-refractivity contribution in [2.45, 2.75) is 0 Å². The molecule has 0 unspecified atom stereocenters. The molecule has 4 N–H and O–H groups in total. The monoisotopic (exact) mass is 495 g/mol. The molecule has 182 valence electrons. The Morgan fingerprint density at radius 2 is 1.86 bits per heavy atom. The van der Waals surface area contributed by atoms with Crippen molar-refractivity contribution in [1.29, 1.82) is 0 Å². The van der Waals surface area contributed by atoms with Crippen molar-refractivity contribution >= 4 is 40.8 Å². The van der Waals surface area contributed by atoms with Crippen molar-refractivity contribution in [3.05, 3.63) is 76.5 Å². The van der Waals surface area contributed by atoms with E-state index in [2.05, 4.69) is 10.6 Å². The smallest absolute Gasteiger partial charge is 0.256 e. The molecular weight excluding hydrogens is 470 g/mol. The number of halogens is 1. The highest BCUT2D eigenvalue weighted by molar-refractivity contribution is 6.36. The van der Waals surface area contributed by atoms with E-state index in [1.165, 1.54) is 0 Å². The summed E-state index contributed by atoms with van der Waals surface area (Å²) >= 11 is 6.09. The number of furan rings is 1. The Balaban J connectivity index is 1.45. The molecule has 3 aromatic rings. The Bertz CT molecular complexity index is 1250. The lowest BCUT2D eigenvalue weighted by atomic mass is 10.1. The van der Waals surface area contributed by atoms with E-state index in [9.17, 15) is 9.59 Å². The van der Waals surface area contributed by atoms with E-state index in [1.807, 2.05) is 11.0 Å². The summed E-state index contributed by atoms with van der Waals surface area (Å²) in [6.45, 7) is 1.75. The molecule has 0 aliphatic carbocycles. The number of aliphatic hydroxyl groups excluding tert-OH is 2. The summed E-state index contributed by atoms with van der Waals surface area (Å²) in [4.78, 5) is 26.9. The molecule has 1 aliphatic rings. The fourth-order valence-electron chi connectivity index (χ4n) is 3.89. The van der Waals surface area contributed by atoms with E-state index in [4.69, 9.17) is 26.2 Å². The number of nitrogens with zero attached hydrogens (tertiary/aromatic N) is 1. The summed E-state index contributed by atoms with van der Waals surface area (Å²) in [5, 5.41) is 24.4. The molecule has 0 fully saturated rings. The minimum Gasteiger partial charge on any atom is -0.457 e. The Labute approximate surface area is 207 Å². The topological polar surface area (TPSA) is 115 Å². The first-order valence-corrected chi connectivity index (χ1v) is 11.6. The Hall–Kier alpha value is -3.43. The Morgan fingerprint density at radius 1 is 1.06 bits per heavy atom. The van der Waals surface area contributed by atoms with Gasteiger partial charge in [-0.25, -0.2) is 0 Å². The zero-order valence-corrected chi connectivity index (χ0v) is 19.7. The normalized spacial score (nSPS) is 13.8. The quantitative estimate of drug-likeness (QED) is 0.321. The number of carbonyl (C=O) groups is 2. The fourth-order valence-corrected chi connectivity index (χ4v) is 4.07. The number of hydrogen-bond donors (Lipinski definition) is 4. The molecular formula is C26H26ClN3O5. The lowest BCUT2D eigenvalue weighted by Gasteiger charge is -2.20. The molecule has 2 amide bonds. The number of amides is 2. The summed E-state index contributed by atoms with van der Waals surface area (Å²) in [5.41, 5.74) is 3.09. The second-order valence-corrected chi connectivity index (χ2v) is 8.47. The molecule has 0 saturated carbocycles. The van der Waals surface area contributed by atoms with E-state index in [-0.39, 0.29) is 25.0 Å². The van der Waals surface area contributed by atoms with Crippen LogP contribution in [0.2, 0.25) is 5.02 Å². The Morgan fingerprint density at radius 3 is 2.63 bits per heavy atom. The maximum Gasteiger partial charge on any atom is 0.256 e. The average molecular weight is 496 g/mol. The van der Waals surface area contributed by atoms with Crippen molar-refractivity contribution < 1.29 is 24.2 Å². The van der Waals surface area contributed by atoms with Crippen LogP contribution in [-0.4, -0.2) is 66.3 Å². The Kier molecular flexibility index (Phi) is 7.99. The molecule has 0 saturated heterocycles. The summed E-state index contributed by atoms with van der Waals surface area (Å²) in [7, 11) is 0. The van der Waals surface area contributed by atoms with E-state index < -0.39 is 0 Å². The van der Waals surface area contributed by atoms with Crippen LogP contribution in [-0.2, 0) is 4.79 Å². The van der Waals surface area contributed by atoms with Crippen molar-refractivity contribution in [2.24, 2.45) is 0 Å². The summed E-state index contributed by atoms with van der Waals surface area (Å²) in [6, 6.07) is 15.8. The molecule has 1 aromatic heterocycles. The van der Waals surface area contributed by atoms with Gasteiger partial charge in [-0.05, 0) is 48.5 Å². The molecule has 35 heavy (non-hydrogen) atoms. The number of carbonyl (C=O) groups excluding carboxylic acids is 2. The molecule has 8 nitrogen and oxygen atoms in total. The standard InChI is InChI=1S/C26H26ClN3O5/c27-19-4-6-23-21(15-19)22(26(34)29-23)16-20-5-7-24(35-20)17-2-1-3-18(14-17)25(33)28-8-9-30(10-12-31)11-13-32/h1-7,14-16,31-32H,8-13H2,(H,28,33)(H,29,34). The lowest BCUT2D eigenvalue weighted by Crippen LogP contribution is -2.37. The van der Waals surface area contributed by atoms with E-state index >= 15 is 0 Å². The van der Waals surface area contributed by atoms with Gasteiger partial charge in [-0.15, -0.1) is 0 Å². The van der Waals surface area contributed by atoms with Gasteiger partial charge in [0.25, 0.3) is 11.8 Å². The predicted octanol–water partition coefficient (Wildman–Crippen LogP) is 3.11. The van der Waals surface area contributed by atoms with Gasteiger partial charge in [-0.1, -0.05) is 23.7 Å². The number of benzene rings is 2. The van der Waals surface area contributed by atoms with E-state index in [0.29, 0.717) is 59.5 Å². The predicted molar refractivity (Wildman–Crippen MR) is 135 cm³/mol. The van der Waals surface area contributed by atoms with Crippen LogP contribution in [0.15, 0.2) is 59.0 Å². The highest BCUT2D eigenvalue weighted by Gasteiger charge is 2.24. The number of rotatable bonds is 10. The zero-order chi connectivity index (χ0) is 24.8. The maximum absolute atomic E-state index is 12.6. The number of nitrogens with one attached hydrogen (secondary N) is 2. The van der Waals surface area contributed by atoms with Crippen LogP contribution in [0.3, 0.4) is 0 Å². The van der Waals surface area contributed by atoms with Gasteiger partial charge < -0.3 is 25.3 Å². The van der Waals surface area contributed by atoms with Crippen LogP contribution in [0.4, 0.5) is 5.69 Å². The summed E-state index contributed by atoms with van der Waals surface area (Å²) < 4.78 is 5.95. The van der Waals surface area contributed by atoms with Gasteiger partial charge in [0.2, 0.25) is 0 Å². The van der Waals surface area contributed by atoms with Gasteiger partial charge in [0, 0.05) is 53.6 Å². The number of aliphatic hydroxyl groups is 2. The van der Waals surface area contributed by atoms with Crippen molar-refractivity contribution in [2.75, 3.05) is 44.7 Å².